The minimum atomic E-state index is 0.191. The van der Waals surface area contributed by atoms with Crippen LogP contribution in [0.4, 0.5) is 0 Å². The van der Waals surface area contributed by atoms with Crippen LogP contribution in [0.1, 0.15) is 19.8 Å². The van der Waals surface area contributed by atoms with Gasteiger partial charge in [-0.15, -0.1) is 0 Å². The van der Waals surface area contributed by atoms with Crippen LogP contribution in [-0.4, -0.2) is 11.7 Å². The summed E-state index contributed by atoms with van der Waals surface area (Å²) in [6.45, 7) is 2.17. The molecule has 0 spiro atoms. The number of aliphatic hydroxyl groups is 1. The first-order valence-electron chi connectivity index (χ1n) is 2.76. The molecule has 0 saturated carbocycles. The van der Waals surface area contributed by atoms with E-state index in [0.717, 1.165) is 11.5 Å². The number of aliphatic hydroxyl groups excluding tert-OH is 1. The van der Waals surface area contributed by atoms with Gasteiger partial charge in [0.25, 0.3) is 0 Å². The monoisotopic (exact) mass is 134 g/mol. The molecule has 0 atom stereocenters. The predicted octanol–water partition coefficient (Wildman–Crippen LogP) is 1.90. The van der Waals surface area contributed by atoms with Crippen LogP contribution in [0.2, 0.25) is 0 Å². The predicted molar refractivity (Wildman–Crippen MR) is 35.9 cm³/mol. The van der Waals surface area contributed by atoms with Crippen LogP contribution in [0.3, 0.4) is 0 Å². The topological polar surface area (TPSA) is 20.2 Å². The maximum absolute atomic E-state index is 8.31. The van der Waals surface area contributed by atoms with E-state index in [2.05, 4.69) is 0 Å². The molecular formula is C6H11ClO. The summed E-state index contributed by atoms with van der Waals surface area (Å²) in [6, 6.07) is 0. The molecule has 0 heterocycles. The molecule has 0 aromatic rings. The molecule has 0 aromatic carbocycles. The SMILES string of the molecule is CC/C(Cl)=C\CCO. The molecule has 0 aliphatic rings. The lowest BCUT2D eigenvalue weighted by molar-refractivity contribution is 0.302. The third kappa shape index (κ3) is 4.16. The molecule has 0 amide bonds. The van der Waals surface area contributed by atoms with Crippen molar-refractivity contribution in [3.05, 3.63) is 11.1 Å². The van der Waals surface area contributed by atoms with E-state index in [0.29, 0.717) is 6.42 Å². The van der Waals surface area contributed by atoms with E-state index in [1.165, 1.54) is 0 Å². The Bertz CT molecular complexity index is 78.6. The van der Waals surface area contributed by atoms with Crippen LogP contribution < -0.4 is 0 Å². The van der Waals surface area contributed by atoms with Crippen LogP contribution in [-0.2, 0) is 0 Å². The summed E-state index contributed by atoms with van der Waals surface area (Å²) in [6.07, 6.45) is 3.37. The van der Waals surface area contributed by atoms with E-state index in [9.17, 15) is 0 Å². The van der Waals surface area contributed by atoms with Gasteiger partial charge in [0.15, 0.2) is 0 Å². The van der Waals surface area contributed by atoms with Crippen molar-refractivity contribution in [3.8, 4) is 0 Å². The van der Waals surface area contributed by atoms with Gasteiger partial charge in [0.05, 0.1) is 0 Å². The molecule has 0 radical (unpaired) electrons. The fourth-order valence-corrected chi connectivity index (χ4v) is 0.475. The molecule has 0 saturated heterocycles. The molecular weight excluding hydrogens is 124 g/mol. The molecule has 0 aliphatic heterocycles. The van der Waals surface area contributed by atoms with Gasteiger partial charge in [0.2, 0.25) is 0 Å². The highest BCUT2D eigenvalue weighted by atomic mass is 35.5. The summed E-state index contributed by atoms with van der Waals surface area (Å²) in [7, 11) is 0. The third-order valence-electron chi connectivity index (χ3n) is 0.833. The molecule has 0 unspecified atom stereocenters. The van der Waals surface area contributed by atoms with Crippen molar-refractivity contribution in [2.45, 2.75) is 19.8 Å². The van der Waals surface area contributed by atoms with E-state index < -0.39 is 0 Å². The van der Waals surface area contributed by atoms with Crippen molar-refractivity contribution >= 4 is 11.6 Å². The third-order valence-corrected chi connectivity index (χ3v) is 1.25. The van der Waals surface area contributed by atoms with E-state index >= 15 is 0 Å². The first kappa shape index (κ1) is 7.99. The van der Waals surface area contributed by atoms with Crippen molar-refractivity contribution in [2.24, 2.45) is 0 Å². The highest BCUT2D eigenvalue weighted by molar-refractivity contribution is 6.29. The molecule has 8 heavy (non-hydrogen) atoms. The van der Waals surface area contributed by atoms with Gasteiger partial charge in [-0.05, 0) is 12.8 Å². The lowest BCUT2D eigenvalue weighted by atomic mass is 10.3. The summed E-state index contributed by atoms with van der Waals surface area (Å²) in [4.78, 5) is 0. The maximum atomic E-state index is 8.31. The summed E-state index contributed by atoms with van der Waals surface area (Å²) < 4.78 is 0. The van der Waals surface area contributed by atoms with E-state index in [-0.39, 0.29) is 6.61 Å². The Hall–Kier alpha value is -0.0100. The van der Waals surface area contributed by atoms with Crippen molar-refractivity contribution in [1.82, 2.24) is 0 Å². The van der Waals surface area contributed by atoms with Crippen molar-refractivity contribution in [1.29, 1.82) is 0 Å². The molecule has 0 aliphatic carbocycles. The van der Waals surface area contributed by atoms with Gasteiger partial charge < -0.3 is 5.11 Å². The zero-order valence-electron chi connectivity index (χ0n) is 5.02. The van der Waals surface area contributed by atoms with Gasteiger partial charge in [-0.1, -0.05) is 24.6 Å². The fourth-order valence-electron chi connectivity index (χ4n) is 0.366. The number of rotatable bonds is 3. The Morgan fingerprint density at radius 2 is 2.38 bits per heavy atom. The van der Waals surface area contributed by atoms with Crippen LogP contribution >= 0.6 is 11.6 Å². The van der Waals surface area contributed by atoms with Gasteiger partial charge >= 0.3 is 0 Å². The summed E-state index contributed by atoms with van der Waals surface area (Å²) in [5.74, 6) is 0. The van der Waals surface area contributed by atoms with Crippen LogP contribution in [0.25, 0.3) is 0 Å². The first-order valence-corrected chi connectivity index (χ1v) is 3.14. The van der Waals surface area contributed by atoms with Gasteiger partial charge in [-0.2, -0.15) is 0 Å². The average Bonchev–Trinajstić information content (AvgIpc) is 1.83. The number of hydrogen-bond donors (Lipinski definition) is 1. The molecule has 2 heteroatoms. The Kier molecular flexibility index (Phi) is 5.13. The second-order valence-electron chi connectivity index (χ2n) is 1.52. The highest BCUT2D eigenvalue weighted by Crippen LogP contribution is 2.05. The van der Waals surface area contributed by atoms with Crippen LogP contribution in [0.15, 0.2) is 11.1 Å². The van der Waals surface area contributed by atoms with E-state index in [4.69, 9.17) is 16.7 Å². The van der Waals surface area contributed by atoms with E-state index in [1.807, 2.05) is 13.0 Å². The molecule has 1 N–H and O–H groups in total. The second kappa shape index (κ2) is 5.13. The van der Waals surface area contributed by atoms with Gasteiger partial charge in [-0.25, -0.2) is 0 Å². The Balaban J connectivity index is 3.26. The Labute approximate surface area is 55.0 Å². The molecule has 0 bridgehead atoms. The fraction of sp³-hybridized carbons (Fsp3) is 0.667. The summed E-state index contributed by atoms with van der Waals surface area (Å²) >= 11 is 5.59. The molecule has 48 valence electrons. The first-order chi connectivity index (χ1) is 3.81. The lowest BCUT2D eigenvalue weighted by Crippen LogP contribution is -1.76. The number of allylic oxidation sites excluding steroid dienone is 1. The number of halogens is 1. The van der Waals surface area contributed by atoms with Crippen molar-refractivity contribution < 1.29 is 5.11 Å². The molecule has 0 fully saturated rings. The van der Waals surface area contributed by atoms with Gasteiger partial charge in [-0.3, -0.25) is 0 Å². The maximum Gasteiger partial charge on any atom is 0.0466 e. The minimum absolute atomic E-state index is 0.191. The van der Waals surface area contributed by atoms with Crippen LogP contribution in [0, 0.1) is 0 Å². The summed E-state index contributed by atoms with van der Waals surface area (Å²) in [5, 5.41) is 9.14. The van der Waals surface area contributed by atoms with Gasteiger partial charge in [0.1, 0.15) is 0 Å². The highest BCUT2D eigenvalue weighted by Gasteiger charge is 1.83. The Morgan fingerprint density at radius 3 is 2.75 bits per heavy atom. The molecule has 0 rings (SSSR count). The average molecular weight is 135 g/mol. The normalized spacial score (nSPS) is 12.1. The smallest absolute Gasteiger partial charge is 0.0466 e. The zero-order chi connectivity index (χ0) is 6.41. The number of hydrogen-bond acceptors (Lipinski definition) is 1. The van der Waals surface area contributed by atoms with E-state index in [1.54, 1.807) is 0 Å². The van der Waals surface area contributed by atoms with Crippen LogP contribution in [0.5, 0.6) is 0 Å². The van der Waals surface area contributed by atoms with Gasteiger partial charge in [0, 0.05) is 11.6 Å². The zero-order valence-corrected chi connectivity index (χ0v) is 5.78. The minimum Gasteiger partial charge on any atom is -0.396 e. The second-order valence-corrected chi connectivity index (χ2v) is 2.00. The standard InChI is InChI=1S/C6H11ClO/c1-2-6(7)4-3-5-8/h4,8H,2-3,5H2,1H3/b6-4+. The lowest BCUT2D eigenvalue weighted by Gasteiger charge is -1.88. The molecule has 0 aromatic heterocycles. The largest absolute Gasteiger partial charge is 0.396 e. The summed E-state index contributed by atoms with van der Waals surface area (Å²) in [5.41, 5.74) is 0. The van der Waals surface area contributed by atoms with Crippen molar-refractivity contribution in [2.75, 3.05) is 6.61 Å². The quantitative estimate of drug-likeness (QED) is 0.625. The van der Waals surface area contributed by atoms with Crippen molar-refractivity contribution in [3.63, 3.8) is 0 Å². The molecule has 1 nitrogen and oxygen atoms in total. The Morgan fingerprint density at radius 1 is 1.75 bits per heavy atom.